The Morgan fingerprint density at radius 2 is 1.80 bits per heavy atom. The molecule has 0 saturated carbocycles. The highest BCUT2D eigenvalue weighted by Crippen LogP contribution is 2.29. The lowest BCUT2D eigenvalue weighted by Crippen LogP contribution is -2.23. The number of benzene rings is 1. The van der Waals surface area contributed by atoms with Gasteiger partial charge in [0.2, 0.25) is 5.88 Å². The fourth-order valence-electron chi connectivity index (χ4n) is 2.48. The number of para-hydroxylation sites is 1. The monoisotopic (exact) mass is 333 g/mol. The van der Waals surface area contributed by atoms with E-state index in [-0.39, 0.29) is 5.91 Å². The number of pyridine rings is 2. The summed E-state index contributed by atoms with van der Waals surface area (Å²) < 4.78 is 6.03. The third-order valence-electron chi connectivity index (χ3n) is 3.82. The highest BCUT2D eigenvalue weighted by atomic mass is 16.5. The number of ether oxygens (including phenoxy) is 1. The van der Waals surface area contributed by atoms with Gasteiger partial charge in [-0.1, -0.05) is 24.3 Å². The normalized spacial score (nSPS) is 10.3. The van der Waals surface area contributed by atoms with Gasteiger partial charge in [0.15, 0.2) is 0 Å². The SMILES string of the molecule is Cc1cccc(C)c1Oc1ncccc1CNC(=O)c1cccnc1. The Kier molecular flexibility index (Phi) is 5.04. The van der Waals surface area contributed by atoms with Crippen molar-refractivity contribution >= 4 is 5.91 Å². The van der Waals surface area contributed by atoms with Crippen LogP contribution in [0.25, 0.3) is 0 Å². The number of hydrogen-bond donors (Lipinski definition) is 1. The zero-order chi connectivity index (χ0) is 17.6. The molecule has 1 aromatic carbocycles. The quantitative estimate of drug-likeness (QED) is 0.771. The molecule has 0 unspecified atom stereocenters. The van der Waals surface area contributed by atoms with Crippen molar-refractivity contribution in [3.63, 3.8) is 0 Å². The fraction of sp³-hybridized carbons (Fsp3) is 0.150. The average Bonchev–Trinajstić information content (AvgIpc) is 2.64. The Hall–Kier alpha value is -3.21. The Bertz CT molecular complexity index is 859. The van der Waals surface area contributed by atoms with Gasteiger partial charge in [0.05, 0.1) is 5.56 Å². The Morgan fingerprint density at radius 1 is 1.04 bits per heavy atom. The zero-order valence-electron chi connectivity index (χ0n) is 14.2. The summed E-state index contributed by atoms with van der Waals surface area (Å²) in [5.41, 5.74) is 3.40. The van der Waals surface area contributed by atoms with Crippen molar-refractivity contribution in [2.75, 3.05) is 0 Å². The Balaban J connectivity index is 1.76. The summed E-state index contributed by atoms with van der Waals surface area (Å²) in [5, 5.41) is 2.87. The molecule has 25 heavy (non-hydrogen) atoms. The molecule has 1 amide bonds. The van der Waals surface area contributed by atoms with Crippen molar-refractivity contribution in [2.45, 2.75) is 20.4 Å². The lowest BCUT2D eigenvalue weighted by atomic mass is 10.1. The van der Waals surface area contributed by atoms with Crippen LogP contribution in [-0.4, -0.2) is 15.9 Å². The van der Waals surface area contributed by atoms with E-state index in [1.54, 1.807) is 24.5 Å². The lowest BCUT2D eigenvalue weighted by molar-refractivity contribution is 0.0950. The second kappa shape index (κ2) is 7.57. The topological polar surface area (TPSA) is 64.1 Å². The number of carbonyl (C=O) groups excluding carboxylic acids is 1. The number of aryl methyl sites for hydroxylation is 2. The fourth-order valence-corrected chi connectivity index (χ4v) is 2.48. The molecule has 0 bridgehead atoms. The van der Waals surface area contributed by atoms with Crippen molar-refractivity contribution in [1.29, 1.82) is 0 Å². The van der Waals surface area contributed by atoms with Crippen molar-refractivity contribution < 1.29 is 9.53 Å². The minimum absolute atomic E-state index is 0.185. The molecule has 3 rings (SSSR count). The van der Waals surface area contributed by atoms with Gasteiger partial charge in [0.25, 0.3) is 5.91 Å². The molecule has 2 aromatic heterocycles. The van der Waals surface area contributed by atoms with Crippen LogP contribution in [0, 0.1) is 13.8 Å². The second-order valence-electron chi connectivity index (χ2n) is 5.72. The molecule has 3 aromatic rings. The summed E-state index contributed by atoms with van der Waals surface area (Å²) in [4.78, 5) is 20.5. The zero-order valence-corrected chi connectivity index (χ0v) is 14.2. The number of hydrogen-bond acceptors (Lipinski definition) is 4. The molecule has 5 nitrogen and oxygen atoms in total. The maximum absolute atomic E-state index is 12.2. The van der Waals surface area contributed by atoms with Gasteiger partial charge in [-0.15, -0.1) is 0 Å². The van der Waals surface area contributed by atoms with Crippen LogP contribution in [0.5, 0.6) is 11.6 Å². The van der Waals surface area contributed by atoms with E-state index in [1.807, 2.05) is 44.2 Å². The minimum Gasteiger partial charge on any atom is -0.438 e. The highest BCUT2D eigenvalue weighted by Gasteiger charge is 2.12. The van der Waals surface area contributed by atoms with Gasteiger partial charge in [-0.2, -0.15) is 0 Å². The van der Waals surface area contributed by atoms with Crippen LogP contribution in [0.2, 0.25) is 0 Å². The van der Waals surface area contributed by atoms with Crippen molar-refractivity contribution in [1.82, 2.24) is 15.3 Å². The van der Waals surface area contributed by atoms with Gasteiger partial charge in [0.1, 0.15) is 5.75 Å². The largest absolute Gasteiger partial charge is 0.438 e. The maximum Gasteiger partial charge on any atom is 0.253 e. The third kappa shape index (κ3) is 4.01. The molecule has 126 valence electrons. The number of amides is 1. The number of nitrogens with one attached hydrogen (secondary N) is 1. The molecule has 2 heterocycles. The molecule has 1 N–H and O–H groups in total. The van der Waals surface area contributed by atoms with Crippen LogP contribution < -0.4 is 10.1 Å². The number of nitrogens with zero attached hydrogens (tertiary/aromatic N) is 2. The first kappa shape index (κ1) is 16.6. The molecule has 0 saturated heterocycles. The van der Waals surface area contributed by atoms with E-state index in [0.29, 0.717) is 18.0 Å². The van der Waals surface area contributed by atoms with Gasteiger partial charge in [0, 0.05) is 30.7 Å². The van der Waals surface area contributed by atoms with Gasteiger partial charge >= 0.3 is 0 Å². The van der Waals surface area contributed by atoms with Crippen LogP contribution in [0.3, 0.4) is 0 Å². The van der Waals surface area contributed by atoms with Gasteiger partial charge < -0.3 is 10.1 Å². The Labute approximate surface area is 146 Å². The Morgan fingerprint density at radius 3 is 2.52 bits per heavy atom. The average molecular weight is 333 g/mol. The van der Waals surface area contributed by atoms with Gasteiger partial charge in [-0.25, -0.2) is 4.98 Å². The van der Waals surface area contributed by atoms with E-state index in [2.05, 4.69) is 15.3 Å². The highest BCUT2D eigenvalue weighted by molar-refractivity contribution is 5.93. The molecular formula is C20H19N3O2. The molecule has 0 fully saturated rings. The molecule has 5 heteroatoms. The van der Waals surface area contributed by atoms with Crippen LogP contribution in [-0.2, 0) is 6.54 Å². The summed E-state index contributed by atoms with van der Waals surface area (Å²) >= 11 is 0. The maximum atomic E-state index is 12.2. The minimum atomic E-state index is -0.185. The van der Waals surface area contributed by atoms with E-state index in [4.69, 9.17) is 4.74 Å². The van der Waals surface area contributed by atoms with E-state index in [0.717, 1.165) is 22.4 Å². The molecule has 0 aliphatic rings. The van der Waals surface area contributed by atoms with E-state index in [1.165, 1.54) is 6.20 Å². The standard InChI is InChI=1S/C20H19N3O2/c1-14-6-3-7-15(2)18(14)25-20-17(9-5-11-22-20)13-23-19(24)16-8-4-10-21-12-16/h3-12H,13H2,1-2H3,(H,23,24). The van der Waals surface area contributed by atoms with E-state index in [9.17, 15) is 4.79 Å². The van der Waals surface area contributed by atoms with Crippen LogP contribution in [0.4, 0.5) is 0 Å². The lowest BCUT2D eigenvalue weighted by Gasteiger charge is -2.14. The third-order valence-corrected chi connectivity index (χ3v) is 3.82. The van der Waals surface area contributed by atoms with E-state index < -0.39 is 0 Å². The van der Waals surface area contributed by atoms with Gasteiger partial charge in [-0.3, -0.25) is 9.78 Å². The predicted molar refractivity (Wildman–Crippen MR) is 95.6 cm³/mol. The predicted octanol–water partition coefficient (Wildman–Crippen LogP) is 3.82. The number of rotatable bonds is 5. The summed E-state index contributed by atoms with van der Waals surface area (Å²) in [6, 6.07) is 13.1. The summed E-state index contributed by atoms with van der Waals surface area (Å²) in [5.74, 6) is 1.10. The molecular weight excluding hydrogens is 314 g/mol. The molecule has 0 radical (unpaired) electrons. The molecule has 0 atom stereocenters. The van der Waals surface area contributed by atoms with Crippen LogP contribution >= 0.6 is 0 Å². The first-order chi connectivity index (χ1) is 12.1. The van der Waals surface area contributed by atoms with Crippen LogP contribution in [0.1, 0.15) is 27.0 Å². The smallest absolute Gasteiger partial charge is 0.253 e. The molecule has 0 spiro atoms. The summed E-state index contributed by atoms with van der Waals surface area (Å²) in [6.07, 6.45) is 4.84. The van der Waals surface area contributed by atoms with Gasteiger partial charge in [-0.05, 0) is 43.2 Å². The number of aromatic nitrogens is 2. The van der Waals surface area contributed by atoms with Crippen molar-refractivity contribution in [2.24, 2.45) is 0 Å². The van der Waals surface area contributed by atoms with Crippen LogP contribution in [0.15, 0.2) is 61.1 Å². The second-order valence-corrected chi connectivity index (χ2v) is 5.72. The number of carbonyl (C=O) groups is 1. The first-order valence-electron chi connectivity index (χ1n) is 8.01. The molecule has 0 aliphatic heterocycles. The summed E-state index contributed by atoms with van der Waals surface area (Å²) in [6.45, 7) is 4.31. The first-order valence-corrected chi connectivity index (χ1v) is 8.01. The molecule has 0 aliphatic carbocycles. The van der Waals surface area contributed by atoms with Crippen molar-refractivity contribution in [3.05, 3.63) is 83.3 Å². The summed E-state index contributed by atoms with van der Waals surface area (Å²) in [7, 11) is 0. The van der Waals surface area contributed by atoms with E-state index >= 15 is 0 Å². The van der Waals surface area contributed by atoms with Crippen molar-refractivity contribution in [3.8, 4) is 11.6 Å².